The third kappa shape index (κ3) is 9.10. The number of benzene rings is 4. The van der Waals surface area contributed by atoms with Gasteiger partial charge >= 0.3 is 0 Å². The highest BCUT2D eigenvalue weighted by Gasteiger charge is 2.34. The topological polar surface area (TPSA) is 86.8 Å². The third-order valence-corrected chi connectivity index (χ3v) is 9.87. The lowest BCUT2D eigenvalue weighted by Gasteiger charge is -2.34. The van der Waals surface area contributed by atoms with Crippen LogP contribution in [-0.2, 0) is 32.6 Å². The minimum absolute atomic E-state index is 0.0249. The summed E-state index contributed by atoms with van der Waals surface area (Å²) in [5.74, 6) is -0.863. The predicted octanol–water partition coefficient (Wildman–Crippen LogP) is 7.05. The molecule has 1 unspecified atom stereocenters. The van der Waals surface area contributed by atoms with E-state index in [9.17, 15) is 18.0 Å². The minimum atomic E-state index is -4.20. The first-order valence-electron chi connectivity index (χ1n) is 14.8. The minimum Gasteiger partial charge on any atom is -0.354 e. The van der Waals surface area contributed by atoms with Crippen molar-refractivity contribution in [3.05, 3.63) is 130 Å². The van der Waals surface area contributed by atoms with Crippen LogP contribution in [0.25, 0.3) is 0 Å². The summed E-state index contributed by atoms with van der Waals surface area (Å²) in [6.07, 6.45) is 1.91. The molecule has 0 spiro atoms. The Morgan fingerprint density at radius 3 is 2.11 bits per heavy atom. The van der Waals surface area contributed by atoms with Gasteiger partial charge in [-0.1, -0.05) is 103 Å². The van der Waals surface area contributed by atoms with Gasteiger partial charge in [0.05, 0.1) is 10.6 Å². The fourth-order valence-corrected chi connectivity index (χ4v) is 6.56. The molecule has 0 aromatic heterocycles. The summed E-state index contributed by atoms with van der Waals surface area (Å²) in [4.78, 5) is 29.8. The molecular weight excluding hydrogens is 629 g/mol. The van der Waals surface area contributed by atoms with Crippen LogP contribution >= 0.6 is 23.2 Å². The van der Waals surface area contributed by atoms with Crippen molar-refractivity contribution in [3.8, 4) is 0 Å². The number of anilines is 1. The predicted molar refractivity (Wildman–Crippen MR) is 181 cm³/mol. The maximum absolute atomic E-state index is 14.5. The number of aryl methyl sites for hydroxylation is 1. The van der Waals surface area contributed by atoms with Crippen LogP contribution in [0.4, 0.5) is 5.69 Å². The largest absolute Gasteiger partial charge is 0.354 e. The zero-order valence-electron chi connectivity index (χ0n) is 25.3. The molecule has 0 aliphatic heterocycles. The number of nitrogens with one attached hydrogen (secondary N) is 1. The third-order valence-electron chi connectivity index (χ3n) is 7.42. The SMILES string of the molecule is CCCCNC(=O)C(Cc1ccccc1)N(Cc1ccc(Cl)cc1)C(=O)CN(c1ccc(C)c(Cl)c1)S(=O)(=O)c1ccccc1. The van der Waals surface area contributed by atoms with Crippen molar-refractivity contribution in [2.45, 2.75) is 50.6 Å². The van der Waals surface area contributed by atoms with Crippen LogP contribution in [0.2, 0.25) is 10.0 Å². The van der Waals surface area contributed by atoms with Crippen molar-refractivity contribution in [1.29, 1.82) is 0 Å². The van der Waals surface area contributed by atoms with Gasteiger partial charge in [0.25, 0.3) is 10.0 Å². The van der Waals surface area contributed by atoms with Crippen molar-refractivity contribution in [1.82, 2.24) is 10.2 Å². The number of rotatable bonds is 14. The van der Waals surface area contributed by atoms with E-state index in [1.165, 1.54) is 23.1 Å². The van der Waals surface area contributed by atoms with Gasteiger partial charge in [0, 0.05) is 29.6 Å². The molecule has 0 aliphatic carbocycles. The van der Waals surface area contributed by atoms with E-state index in [4.69, 9.17) is 23.2 Å². The zero-order chi connectivity index (χ0) is 32.4. The average Bonchev–Trinajstić information content (AvgIpc) is 3.04. The van der Waals surface area contributed by atoms with Gasteiger partial charge < -0.3 is 10.2 Å². The Balaban J connectivity index is 1.79. The summed E-state index contributed by atoms with van der Waals surface area (Å²) in [6.45, 7) is 3.80. The van der Waals surface area contributed by atoms with Gasteiger partial charge in [-0.15, -0.1) is 0 Å². The second-order valence-electron chi connectivity index (χ2n) is 10.8. The summed E-state index contributed by atoms with van der Waals surface area (Å²) in [5.41, 5.74) is 2.60. The molecule has 0 radical (unpaired) electrons. The number of hydrogen-bond acceptors (Lipinski definition) is 4. The summed E-state index contributed by atoms with van der Waals surface area (Å²) in [7, 11) is -4.20. The van der Waals surface area contributed by atoms with E-state index >= 15 is 0 Å². The van der Waals surface area contributed by atoms with Gasteiger partial charge in [-0.05, 0) is 66.4 Å². The molecule has 4 rings (SSSR count). The highest BCUT2D eigenvalue weighted by molar-refractivity contribution is 7.92. The molecule has 0 saturated heterocycles. The summed E-state index contributed by atoms with van der Waals surface area (Å²) in [6, 6.07) is 28.3. The molecule has 0 aliphatic rings. The Morgan fingerprint density at radius 2 is 1.49 bits per heavy atom. The summed E-state index contributed by atoms with van der Waals surface area (Å²) < 4.78 is 29.2. The van der Waals surface area contributed by atoms with E-state index in [0.29, 0.717) is 16.6 Å². The highest BCUT2D eigenvalue weighted by atomic mass is 35.5. The molecule has 236 valence electrons. The van der Waals surface area contributed by atoms with Crippen molar-refractivity contribution < 1.29 is 18.0 Å². The molecule has 4 aromatic carbocycles. The first-order chi connectivity index (χ1) is 21.6. The van der Waals surface area contributed by atoms with Crippen molar-refractivity contribution in [2.75, 3.05) is 17.4 Å². The fraction of sp³-hybridized carbons (Fsp3) is 0.257. The standard InChI is InChI=1S/C35H37Cl2N3O4S/c1-3-4-21-38-35(42)33(22-27-11-7-5-8-12-27)39(24-28-16-18-29(36)19-17-28)34(41)25-40(30-20-15-26(2)32(37)23-30)45(43,44)31-13-9-6-10-14-31/h5-20,23,33H,3-4,21-22,24-25H2,1-2H3,(H,38,42). The Bertz CT molecular complexity index is 1690. The van der Waals surface area contributed by atoms with Gasteiger partial charge in [0.1, 0.15) is 12.6 Å². The van der Waals surface area contributed by atoms with E-state index < -0.39 is 28.5 Å². The second kappa shape index (κ2) is 15.9. The van der Waals surface area contributed by atoms with Gasteiger partial charge in [-0.25, -0.2) is 8.42 Å². The van der Waals surface area contributed by atoms with Gasteiger partial charge in [-0.2, -0.15) is 0 Å². The van der Waals surface area contributed by atoms with E-state index in [2.05, 4.69) is 5.32 Å². The first kappa shape index (κ1) is 34.0. The smallest absolute Gasteiger partial charge is 0.264 e. The molecule has 0 heterocycles. The molecule has 0 bridgehead atoms. The number of hydrogen-bond donors (Lipinski definition) is 1. The number of unbranched alkanes of at least 4 members (excludes halogenated alkanes) is 1. The van der Waals surface area contributed by atoms with Crippen molar-refractivity contribution in [2.24, 2.45) is 0 Å². The molecule has 1 N–H and O–H groups in total. The molecule has 2 amide bonds. The molecule has 0 saturated carbocycles. The lowest BCUT2D eigenvalue weighted by molar-refractivity contribution is -0.140. The average molecular weight is 667 g/mol. The van der Waals surface area contributed by atoms with Crippen LogP contribution in [-0.4, -0.2) is 44.3 Å². The summed E-state index contributed by atoms with van der Waals surface area (Å²) in [5, 5.41) is 3.88. The maximum atomic E-state index is 14.5. The normalized spacial score (nSPS) is 11.9. The van der Waals surface area contributed by atoms with Crippen molar-refractivity contribution >= 4 is 50.7 Å². The number of sulfonamides is 1. The Morgan fingerprint density at radius 1 is 0.844 bits per heavy atom. The van der Waals surface area contributed by atoms with E-state index in [-0.39, 0.29) is 29.5 Å². The van der Waals surface area contributed by atoms with E-state index in [0.717, 1.165) is 33.8 Å². The number of nitrogens with zero attached hydrogens (tertiary/aromatic N) is 2. The molecule has 1 atom stereocenters. The summed E-state index contributed by atoms with van der Waals surface area (Å²) >= 11 is 12.6. The molecule has 45 heavy (non-hydrogen) atoms. The Kier molecular flexibility index (Phi) is 12.0. The van der Waals surface area contributed by atoms with E-state index in [1.807, 2.05) is 44.2 Å². The van der Waals surface area contributed by atoms with Crippen molar-refractivity contribution in [3.63, 3.8) is 0 Å². The number of halogens is 2. The monoisotopic (exact) mass is 665 g/mol. The number of amides is 2. The second-order valence-corrected chi connectivity index (χ2v) is 13.5. The first-order valence-corrected chi connectivity index (χ1v) is 17.0. The number of carbonyl (C=O) groups is 2. The molecule has 7 nitrogen and oxygen atoms in total. The van der Waals surface area contributed by atoms with Gasteiger partial charge in [0.2, 0.25) is 11.8 Å². The molecular formula is C35H37Cl2N3O4S. The Hall–Kier alpha value is -3.85. The zero-order valence-corrected chi connectivity index (χ0v) is 27.7. The quantitative estimate of drug-likeness (QED) is 0.146. The van der Waals surface area contributed by atoms with Crippen LogP contribution in [0.15, 0.2) is 108 Å². The van der Waals surface area contributed by atoms with Crippen LogP contribution in [0.5, 0.6) is 0 Å². The van der Waals surface area contributed by atoms with Crippen LogP contribution < -0.4 is 9.62 Å². The van der Waals surface area contributed by atoms with Gasteiger partial charge in [-0.3, -0.25) is 13.9 Å². The molecule has 0 fully saturated rings. The Labute approximate surface area is 275 Å². The lowest BCUT2D eigenvalue weighted by atomic mass is 10.0. The lowest BCUT2D eigenvalue weighted by Crippen LogP contribution is -2.53. The maximum Gasteiger partial charge on any atom is 0.264 e. The number of carbonyl (C=O) groups excluding carboxylic acids is 2. The van der Waals surface area contributed by atoms with E-state index in [1.54, 1.807) is 54.6 Å². The highest BCUT2D eigenvalue weighted by Crippen LogP contribution is 2.29. The molecule has 4 aromatic rings. The van der Waals surface area contributed by atoms with Crippen LogP contribution in [0.1, 0.15) is 36.5 Å². The van der Waals surface area contributed by atoms with Gasteiger partial charge in [0.15, 0.2) is 0 Å². The van der Waals surface area contributed by atoms with Crippen LogP contribution in [0.3, 0.4) is 0 Å². The van der Waals surface area contributed by atoms with Crippen LogP contribution in [0, 0.1) is 6.92 Å². The fourth-order valence-electron chi connectivity index (χ4n) is 4.83. The molecule has 10 heteroatoms.